The molecule has 1 saturated heterocycles. The summed E-state index contributed by atoms with van der Waals surface area (Å²) in [5.41, 5.74) is 1.77. The highest BCUT2D eigenvalue weighted by Crippen LogP contribution is 2.22. The second-order valence-corrected chi connectivity index (χ2v) is 7.60. The van der Waals surface area contributed by atoms with Crippen LogP contribution < -0.4 is 26.8 Å². The van der Waals surface area contributed by atoms with E-state index in [-0.39, 0.29) is 22.8 Å². The molecule has 1 atom stereocenters. The molecule has 5 rings (SSSR count). The fourth-order valence-electron chi connectivity index (χ4n) is 3.43. The summed E-state index contributed by atoms with van der Waals surface area (Å²) in [6.07, 6.45) is 2.97. The molecule has 5 heterocycles. The molecule has 1 fully saturated rings. The van der Waals surface area contributed by atoms with E-state index < -0.39 is 11.9 Å². The van der Waals surface area contributed by atoms with Gasteiger partial charge in [-0.05, 0) is 31.2 Å². The van der Waals surface area contributed by atoms with E-state index in [0.29, 0.717) is 29.5 Å². The van der Waals surface area contributed by atoms with E-state index in [0.717, 1.165) is 5.69 Å². The number of imidazole rings is 1. The van der Waals surface area contributed by atoms with Crippen molar-refractivity contribution in [3.63, 3.8) is 0 Å². The van der Waals surface area contributed by atoms with Crippen LogP contribution in [0.1, 0.15) is 16.2 Å². The highest BCUT2D eigenvalue weighted by atomic mass is 16.2. The lowest BCUT2D eigenvalue weighted by atomic mass is 10.1. The summed E-state index contributed by atoms with van der Waals surface area (Å²) in [5.74, 6) is -0.0478. The third-order valence-corrected chi connectivity index (χ3v) is 5.31. The van der Waals surface area contributed by atoms with Crippen LogP contribution in [-0.2, 0) is 4.79 Å². The average molecular weight is 460 g/mol. The molecule has 13 heteroatoms. The Bertz CT molecular complexity index is 1470. The number of aromatic nitrogens is 6. The van der Waals surface area contributed by atoms with E-state index in [1.165, 1.54) is 15.3 Å². The predicted octanol–water partition coefficient (Wildman–Crippen LogP) is -0.00788. The summed E-state index contributed by atoms with van der Waals surface area (Å²) in [4.78, 5) is 41.6. The zero-order chi connectivity index (χ0) is 23.8. The zero-order valence-corrected chi connectivity index (χ0v) is 18.2. The lowest BCUT2D eigenvalue weighted by Crippen LogP contribution is -2.61. The van der Waals surface area contributed by atoms with E-state index in [2.05, 4.69) is 41.5 Å². The van der Waals surface area contributed by atoms with E-state index in [4.69, 9.17) is 0 Å². The van der Waals surface area contributed by atoms with Gasteiger partial charge in [0.15, 0.2) is 23.0 Å². The van der Waals surface area contributed by atoms with Gasteiger partial charge in [0.1, 0.15) is 11.7 Å². The molecule has 13 nitrogen and oxygen atoms in total. The Morgan fingerprint density at radius 1 is 1.18 bits per heavy atom. The molecule has 172 valence electrons. The van der Waals surface area contributed by atoms with Crippen LogP contribution in [0, 0.1) is 6.92 Å². The maximum atomic E-state index is 13.1. The number of hydrogen-bond donors (Lipinski definition) is 4. The molecule has 0 bridgehead atoms. The largest absolute Gasteiger partial charge is 0.385 e. The van der Waals surface area contributed by atoms with E-state index in [1.807, 2.05) is 6.92 Å². The number of fused-ring (bicyclic) bond motifs is 1. The molecule has 0 aliphatic carbocycles. The number of anilines is 3. The average Bonchev–Trinajstić information content (AvgIpc) is 3.27. The van der Waals surface area contributed by atoms with Crippen molar-refractivity contribution in [3.05, 3.63) is 64.5 Å². The van der Waals surface area contributed by atoms with E-state index in [9.17, 15) is 14.4 Å². The number of rotatable bonds is 6. The summed E-state index contributed by atoms with van der Waals surface area (Å²) in [6.45, 7) is 2.18. The predicted molar refractivity (Wildman–Crippen MR) is 122 cm³/mol. The molecule has 4 aromatic rings. The van der Waals surface area contributed by atoms with Crippen molar-refractivity contribution in [1.82, 2.24) is 40.0 Å². The number of pyridine rings is 1. The van der Waals surface area contributed by atoms with Gasteiger partial charge in [-0.25, -0.2) is 9.50 Å². The number of carbonyl (C=O) groups is 2. The number of nitrogens with zero attached hydrogens (tertiary/aromatic N) is 6. The van der Waals surface area contributed by atoms with Gasteiger partial charge in [-0.2, -0.15) is 5.10 Å². The first kappa shape index (κ1) is 21.1. The minimum atomic E-state index is -0.587. The van der Waals surface area contributed by atoms with Gasteiger partial charge in [-0.15, -0.1) is 10.2 Å². The number of nitrogens with one attached hydrogen (secondary N) is 4. The van der Waals surface area contributed by atoms with Gasteiger partial charge >= 0.3 is 0 Å². The van der Waals surface area contributed by atoms with Gasteiger partial charge in [0, 0.05) is 25.9 Å². The normalized spacial score (nSPS) is 14.9. The molecule has 4 N–H and O–H groups in total. The molecule has 0 spiro atoms. The van der Waals surface area contributed by atoms with Gasteiger partial charge in [0.2, 0.25) is 5.91 Å². The van der Waals surface area contributed by atoms with Crippen LogP contribution in [0.15, 0.2) is 47.5 Å². The third-order valence-electron chi connectivity index (χ3n) is 5.31. The Balaban J connectivity index is 1.50. The number of hydrogen-bond acceptors (Lipinski definition) is 9. The quantitative estimate of drug-likeness (QED) is 0.290. The van der Waals surface area contributed by atoms with Gasteiger partial charge < -0.3 is 21.3 Å². The SMILES string of the molecule is CNc1cc(Nc2cccn(-c3ccc(C)nn3)c2=O)nn2c(C(=O)N[C@@H]3CNC3=O)cnc12. The molecule has 0 saturated carbocycles. The maximum absolute atomic E-state index is 13.1. The van der Waals surface area contributed by atoms with Crippen molar-refractivity contribution in [1.29, 1.82) is 0 Å². The van der Waals surface area contributed by atoms with Crippen LogP contribution >= 0.6 is 0 Å². The van der Waals surface area contributed by atoms with E-state index in [1.54, 1.807) is 43.6 Å². The minimum absolute atomic E-state index is 0.148. The summed E-state index contributed by atoms with van der Waals surface area (Å²) in [6, 6.07) is 7.87. The van der Waals surface area contributed by atoms with Crippen LogP contribution in [-0.4, -0.2) is 60.8 Å². The molecule has 1 aliphatic rings. The van der Waals surface area contributed by atoms with Gasteiger partial charge in [-0.3, -0.25) is 19.0 Å². The van der Waals surface area contributed by atoms with Crippen LogP contribution in [0.2, 0.25) is 0 Å². The molecular formula is C21H20N10O3. The van der Waals surface area contributed by atoms with Gasteiger partial charge in [0.05, 0.1) is 17.6 Å². The lowest BCUT2D eigenvalue weighted by Gasteiger charge is -2.26. The topological polar surface area (TPSA) is 160 Å². The monoisotopic (exact) mass is 460 g/mol. The standard InChI is InChI=1S/C21H20N10O3/c1-11-5-6-17(28-27-11)30-7-3-4-12(21(30)34)25-16-8-13(22-2)18-23-10-15(31(18)29-16)20(33)26-14-9-24-19(14)32/h3-8,10,14,22H,9H2,1-2H3,(H,24,32)(H,25,29)(H,26,33)/t14-/m1/s1. The fraction of sp³-hybridized carbons (Fsp3) is 0.190. The zero-order valence-electron chi connectivity index (χ0n) is 18.2. The van der Waals surface area contributed by atoms with Crippen molar-refractivity contribution in [2.45, 2.75) is 13.0 Å². The molecule has 34 heavy (non-hydrogen) atoms. The third kappa shape index (κ3) is 3.68. The lowest BCUT2D eigenvalue weighted by molar-refractivity contribution is -0.128. The summed E-state index contributed by atoms with van der Waals surface area (Å²) in [7, 11) is 1.71. The highest BCUT2D eigenvalue weighted by Gasteiger charge is 2.30. The van der Waals surface area contributed by atoms with Crippen molar-refractivity contribution < 1.29 is 9.59 Å². The first-order valence-electron chi connectivity index (χ1n) is 10.4. The van der Waals surface area contributed by atoms with Gasteiger partial charge in [0.25, 0.3) is 11.5 Å². The van der Waals surface area contributed by atoms with Crippen molar-refractivity contribution in [2.75, 3.05) is 24.2 Å². The second kappa shape index (κ2) is 8.27. The number of carbonyl (C=O) groups excluding carboxylic acids is 2. The molecule has 4 aromatic heterocycles. The first-order chi connectivity index (χ1) is 16.4. The highest BCUT2D eigenvalue weighted by molar-refractivity contribution is 5.99. The van der Waals surface area contributed by atoms with Gasteiger partial charge in [-0.1, -0.05) is 0 Å². The van der Waals surface area contributed by atoms with Crippen LogP contribution in [0.4, 0.5) is 17.2 Å². The number of amides is 2. The molecule has 1 aliphatic heterocycles. The molecule has 0 unspecified atom stereocenters. The van der Waals surface area contributed by atoms with Crippen LogP contribution in [0.25, 0.3) is 11.5 Å². The molecule has 2 amide bonds. The number of aryl methyl sites for hydroxylation is 1. The Labute approximate surface area is 192 Å². The van der Waals surface area contributed by atoms with Crippen LogP contribution in [0.3, 0.4) is 0 Å². The smallest absolute Gasteiger partial charge is 0.280 e. The summed E-state index contributed by atoms with van der Waals surface area (Å²) < 4.78 is 2.72. The Morgan fingerprint density at radius 3 is 2.71 bits per heavy atom. The first-order valence-corrected chi connectivity index (χ1v) is 10.4. The van der Waals surface area contributed by atoms with E-state index >= 15 is 0 Å². The summed E-state index contributed by atoms with van der Waals surface area (Å²) in [5, 5.41) is 23.8. The fourth-order valence-corrected chi connectivity index (χ4v) is 3.43. The number of β-lactam (4-membered cyclic amide) rings is 1. The summed E-state index contributed by atoms with van der Waals surface area (Å²) >= 11 is 0. The molecule has 0 aromatic carbocycles. The van der Waals surface area contributed by atoms with Crippen LogP contribution in [0.5, 0.6) is 0 Å². The Morgan fingerprint density at radius 2 is 2.03 bits per heavy atom. The van der Waals surface area contributed by atoms with Crippen molar-refractivity contribution in [2.24, 2.45) is 0 Å². The molecule has 0 radical (unpaired) electrons. The Kier molecular flexibility index (Phi) is 5.12. The minimum Gasteiger partial charge on any atom is -0.385 e. The van der Waals surface area contributed by atoms with Crippen molar-refractivity contribution >= 4 is 34.7 Å². The maximum Gasteiger partial charge on any atom is 0.280 e. The Hall–Kier alpha value is -4.81. The molecular weight excluding hydrogens is 440 g/mol. The second-order valence-electron chi connectivity index (χ2n) is 7.60. The van der Waals surface area contributed by atoms with Crippen molar-refractivity contribution in [3.8, 4) is 5.82 Å².